The average molecular weight is 299 g/mol. The smallest absolute Gasteiger partial charge is 0.154 e. The van der Waals surface area contributed by atoms with Crippen LogP contribution in [0.1, 0.15) is 27.7 Å². The third kappa shape index (κ3) is 7.70. The largest absolute Gasteiger partial charge is 0.271 e. The predicted octanol–water partition coefficient (Wildman–Crippen LogP) is 3.87. The van der Waals surface area contributed by atoms with E-state index in [2.05, 4.69) is 13.8 Å². The summed E-state index contributed by atoms with van der Waals surface area (Å²) < 4.78 is 1.71. The third-order valence-corrected chi connectivity index (χ3v) is 4.35. The van der Waals surface area contributed by atoms with E-state index >= 15 is 0 Å². The number of hydrazine groups is 1. The van der Waals surface area contributed by atoms with Crippen LogP contribution >= 0.6 is 48.0 Å². The zero-order valence-electron chi connectivity index (χ0n) is 10.9. The van der Waals surface area contributed by atoms with Gasteiger partial charge < -0.3 is 0 Å². The number of thiocarbonyl (C=S) groups is 2. The summed E-state index contributed by atoms with van der Waals surface area (Å²) in [6.07, 6.45) is 0. The molecule has 0 amide bonds. The van der Waals surface area contributed by atoms with Crippen molar-refractivity contribution in [2.24, 2.45) is 0 Å². The Bertz CT molecular complexity index is 187. The predicted molar refractivity (Wildman–Crippen MR) is 88.3 cm³/mol. The Morgan fingerprint density at radius 2 is 1.12 bits per heavy atom. The lowest BCUT2D eigenvalue weighted by atomic mass is 11.0. The zero-order chi connectivity index (χ0) is 13.1. The first-order valence-electron chi connectivity index (χ1n) is 5.35. The summed E-state index contributed by atoms with van der Waals surface area (Å²) in [5.74, 6) is 1.98. The molecule has 0 spiro atoms. The Balaban J connectivity index is 0. The minimum absolute atomic E-state index is 0.856. The van der Waals surface area contributed by atoms with Crippen LogP contribution in [0.3, 0.4) is 0 Å². The van der Waals surface area contributed by atoms with E-state index in [0.717, 1.165) is 20.1 Å². The van der Waals surface area contributed by atoms with Gasteiger partial charge in [0.15, 0.2) is 8.64 Å². The molecule has 0 unspecified atom stereocenters. The second kappa shape index (κ2) is 12.0. The van der Waals surface area contributed by atoms with Gasteiger partial charge in [-0.2, -0.15) is 0 Å². The van der Waals surface area contributed by atoms with Crippen LogP contribution in [0.2, 0.25) is 0 Å². The van der Waals surface area contributed by atoms with Gasteiger partial charge in [-0.3, -0.25) is 10.0 Å². The molecule has 0 aliphatic carbocycles. The third-order valence-electron chi connectivity index (χ3n) is 1.51. The molecule has 6 heteroatoms. The van der Waals surface area contributed by atoms with E-state index < -0.39 is 0 Å². The van der Waals surface area contributed by atoms with Gasteiger partial charge in [0.2, 0.25) is 0 Å². The summed E-state index contributed by atoms with van der Waals surface area (Å²) in [6, 6.07) is 0. The summed E-state index contributed by atoms with van der Waals surface area (Å²) in [4.78, 5) is 0. The van der Waals surface area contributed by atoms with E-state index in [0.29, 0.717) is 0 Å². The van der Waals surface area contributed by atoms with Crippen molar-refractivity contribution in [3.05, 3.63) is 0 Å². The Hall–Kier alpha value is 0.480. The number of hydrogen-bond acceptors (Lipinski definition) is 4. The fourth-order valence-corrected chi connectivity index (χ4v) is 2.74. The van der Waals surface area contributed by atoms with Gasteiger partial charge in [0.05, 0.1) is 0 Å². The Labute approximate surface area is 119 Å². The minimum atomic E-state index is 0.856. The molecule has 0 aliphatic heterocycles. The second-order valence-electron chi connectivity index (χ2n) is 2.45. The molecule has 0 N–H and O–H groups in total. The van der Waals surface area contributed by atoms with Gasteiger partial charge in [0.1, 0.15) is 0 Å². The summed E-state index contributed by atoms with van der Waals surface area (Å²) in [7, 11) is 3.88. The number of nitrogens with zero attached hydrogens (tertiary/aromatic N) is 2. The highest BCUT2D eigenvalue weighted by molar-refractivity contribution is 8.23. The molecule has 0 aromatic heterocycles. The molecular formula is C10H22N2S4. The van der Waals surface area contributed by atoms with Gasteiger partial charge in [-0.1, -0.05) is 75.7 Å². The van der Waals surface area contributed by atoms with Crippen LogP contribution in [-0.2, 0) is 0 Å². The van der Waals surface area contributed by atoms with Gasteiger partial charge in [0, 0.05) is 14.1 Å². The average Bonchev–Trinajstić information content (AvgIpc) is 2.30. The zero-order valence-corrected chi connectivity index (χ0v) is 14.2. The molecule has 0 radical (unpaired) electrons. The van der Waals surface area contributed by atoms with Gasteiger partial charge >= 0.3 is 0 Å². The fraction of sp³-hybridized carbons (Fsp3) is 0.800. The molecule has 0 atom stereocenters. The maximum Gasteiger partial charge on any atom is 0.154 e. The number of rotatable bonds is 2. The molecule has 0 aromatic rings. The van der Waals surface area contributed by atoms with Gasteiger partial charge in [-0.25, -0.2) is 0 Å². The van der Waals surface area contributed by atoms with Crippen molar-refractivity contribution in [1.29, 1.82) is 0 Å². The highest BCUT2D eigenvalue weighted by atomic mass is 32.2. The minimum Gasteiger partial charge on any atom is -0.271 e. The summed E-state index contributed by atoms with van der Waals surface area (Å²) in [5.41, 5.74) is 0. The maximum absolute atomic E-state index is 5.23. The van der Waals surface area contributed by atoms with E-state index in [1.165, 1.54) is 0 Å². The molecule has 0 saturated carbocycles. The van der Waals surface area contributed by atoms with E-state index in [1.807, 2.05) is 38.0 Å². The molecule has 96 valence electrons. The summed E-state index contributed by atoms with van der Waals surface area (Å²) in [5, 5.41) is 3.82. The van der Waals surface area contributed by atoms with Crippen molar-refractivity contribution in [3.63, 3.8) is 0 Å². The van der Waals surface area contributed by atoms with Crippen molar-refractivity contribution in [3.8, 4) is 0 Å². The van der Waals surface area contributed by atoms with Crippen LogP contribution in [0.25, 0.3) is 0 Å². The number of hydrogen-bond donors (Lipinski definition) is 0. The standard InChI is InChI=1S/C8H16N2S4.C2H6/c1-5-13-7(11)9(3)10(4)8(12)14-6-2;1-2/h5-6H2,1-4H3;1-2H3. The molecule has 0 bridgehead atoms. The van der Waals surface area contributed by atoms with Crippen molar-refractivity contribution >= 4 is 56.6 Å². The van der Waals surface area contributed by atoms with Crippen LogP contribution in [0.5, 0.6) is 0 Å². The lowest BCUT2D eigenvalue weighted by molar-refractivity contribution is 0.226. The quantitative estimate of drug-likeness (QED) is 0.560. The Kier molecular flexibility index (Phi) is 14.1. The first-order valence-corrected chi connectivity index (χ1v) is 8.14. The van der Waals surface area contributed by atoms with Crippen molar-refractivity contribution in [2.45, 2.75) is 27.7 Å². The highest BCUT2D eigenvalue weighted by Crippen LogP contribution is 2.13. The van der Waals surface area contributed by atoms with E-state index in [1.54, 1.807) is 23.5 Å². The molecule has 0 heterocycles. The molecule has 0 rings (SSSR count). The Morgan fingerprint density at radius 3 is 1.31 bits per heavy atom. The SMILES string of the molecule is CC.CCSC(=S)N(C)N(C)C(=S)SCC. The summed E-state index contributed by atoms with van der Waals surface area (Å²) in [6.45, 7) is 8.17. The highest BCUT2D eigenvalue weighted by Gasteiger charge is 2.12. The van der Waals surface area contributed by atoms with E-state index in [9.17, 15) is 0 Å². The van der Waals surface area contributed by atoms with Crippen LogP contribution < -0.4 is 0 Å². The topological polar surface area (TPSA) is 6.48 Å². The second-order valence-corrected chi connectivity index (χ2v) is 6.24. The van der Waals surface area contributed by atoms with E-state index in [4.69, 9.17) is 24.4 Å². The van der Waals surface area contributed by atoms with E-state index in [-0.39, 0.29) is 0 Å². The van der Waals surface area contributed by atoms with Crippen molar-refractivity contribution in [1.82, 2.24) is 10.0 Å². The first-order chi connectivity index (χ1) is 7.54. The lowest BCUT2D eigenvalue weighted by Crippen LogP contribution is -2.41. The van der Waals surface area contributed by atoms with Crippen LogP contribution in [-0.4, -0.2) is 44.3 Å². The van der Waals surface area contributed by atoms with Gasteiger partial charge in [0.25, 0.3) is 0 Å². The monoisotopic (exact) mass is 298 g/mol. The lowest BCUT2D eigenvalue weighted by Gasteiger charge is -2.31. The maximum atomic E-state index is 5.23. The molecule has 16 heavy (non-hydrogen) atoms. The van der Waals surface area contributed by atoms with Crippen LogP contribution in [0.4, 0.5) is 0 Å². The van der Waals surface area contributed by atoms with Crippen molar-refractivity contribution in [2.75, 3.05) is 25.6 Å². The Morgan fingerprint density at radius 1 is 0.875 bits per heavy atom. The van der Waals surface area contributed by atoms with Gasteiger partial charge in [-0.05, 0) is 11.5 Å². The first kappa shape index (κ1) is 18.8. The van der Waals surface area contributed by atoms with Crippen LogP contribution in [0.15, 0.2) is 0 Å². The number of thioether (sulfide) groups is 2. The summed E-state index contributed by atoms with van der Waals surface area (Å²) >= 11 is 13.8. The molecular weight excluding hydrogens is 276 g/mol. The molecule has 2 nitrogen and oxygen atoms in total. The molecule has 0 aromatic carbocycles. The fourth-order valence-electron chi connectivity index (χ4n) is 0.679. The van der Waals surface area contributed by atoms with Crippen LogP contribution in [0, 0.1) is 0 Å². The van der Waals surface area contributed by atoms with Crippen molar-refractivity contribution < 1.29 is 0 Å². The molecule has 0 saturated heterocycles. The molecule has 0 aliphatic rings. The normalized spacial score (nSPS) is 8.88. The van der Waals surface area contributed by atoms with Gasteiger partial charge in [-0.15, -0.1) is 0 Å². The molecule has 0 fully saturated rings.